The topological polar surface area (TPSA) is 38.5 Å². The second-order valence-electron chi connectivity index (χ2n) is 4.30. The number of nitrogens with zero attached hydrogens (tertiary/aromatic N) is 1. The molecule has 0 saturated carbocycles. The molecule has 1 aliphatic heterocycles. The standard InChI is InChI=1S/C14H20N2O/c15-11-14-12-16(9-10-17-14)8-4-7-13-5-2-1-3-6-13/h1-7,14H,8-12,15H2/b7-4+. The van der Waals surface area contributed by atoms with Crippen LogP contribution in [0.2, 0.25) is 0 Å². The molecule has 2 N–H and O–H groups in total. The average molecular weight is 232 g/mol. The van der Waals surface area contributed by atoms with Gasteiger partial charge >= 0.3 is 0 Å². The molecule has 0 amide bonds. The maximum Gasteiger partial charge on any atom is 0.0824 e. The Morgan fingerprint density at radius 3 is 2.94 bits per heavy atom. The third-order valence-electron chi connectivity index (χ3n) is 2.96. The summed E-state index contributed by atoms with van der Waals surface area (Å²) in [7, 11) is 0. The predicted molar refractivity (Wildman–Crippen MR) is 70.7 cm³/mol. The molecule has 2 rings (SSSR count). The Hall–Kier alpha value is -1.16. The van der Waals surface area contributed by atoms with E-state index in [9.17, 15) is 0 Å². The maximum absolute atomic E-state index is 5.62. The van der Waals surface area contributed by atoms with Crippen LogP contribution in [0, 0.1) is 0 Å². The van der Waals surface area contributed by atoms with Gasteiger partial charge in [-0.3, -0.25) is 4.90 Å². The van der Waals surface area contributed by atoms with Crippen LogP contribution in [0.15, 0.2) is 36.4 Å². The molecule has 3 heteroatoms. The molecule has 0 aliphatic carbocycles. The van der Waals surface area contributed by atoms with Crippen molar-refractivity contribution in [1.29, 1.82) is 0 Å². The molecule has 1 fully saturated rings. The van der Waals surface area contributed by atoms with Crippen molar-refractivity contribution in [2.24, 2.45) is 5.73 Å². The fourth-order valence-electron chi connectivity index (χ4n) is 1.99. The molecular weight excluding hydrogens is 212 g/mol. The van der Waals surface area contributed by atoms with Crippen LogP contribution in [0.25, 0.3) is 6.08 Å². The smallest absolute Gasteiger partial charge is 0.0824 e. The van der Waals surface area contributed by atoms with E-state index >= 15 is 0 Å². The van der Waals surface area contributed by atoms with Crippen molar-refractivity contribution < 1.29 is 4.74 Å². The molecule has 1 aromatic carbocycles. The Kier molecular flexibility index (Phi) is 4.74. The minimum Gasteiger partial charge on any atom is -0.374 e. The fourth-order valence-corrected chi connectivity index (χ4v) is 1.99. The fraction of sp³-hybridized carbons (Fsp3) is 0.429. The second-order valence-corrected chi connectivity index (χ2v) is 4.30. The Morgan fingerprint density at radius 1 is 1.35 bits per heavy atom. The van der Waals surface area contributed by atoms with Gasteiger partial charge in [-0.05, 0) is 5.56 Å². The molecule has 0 aromatic heterocycles. The van der Waals surface area contributed by atoms with Crippen molar-refractivity contribution in [2.45, 2.75) is 6.10 Å². The third kappa shape index (κ3) is 3.97. The number of benzene rings is 1. The summed E-state index contributed by atoms with van der Waals surface area (Å²) in [5, 5.41) is 0. The number of nitrogens with two attached hydrogens (primary N) is 1. The number of morpholine rings is 1. The molecular formula is C14H20N2O. The number of ether oxygens (including phenoxy) is 1. The number of hydrogen-bond donors (Lipinski definition) is 1. The molecule has 17 heavy (non-hydrogen) atoms. The highest BCUT2D eigenvalue weighted by Gasteiger charge is 2.17. The summed E-state index contributed by atoms with van der Waals surface area (Å²) < 4.78 is 5.53. The summed E-state index contributed by atoms with van der Waals surface area (Å²) in [6, 6.07) is 10.4. The van der Waals surface area contributed by atoms with Crippen LogP contribution in [0.1, 0.15) is 5.56 Å². The van der Waals surface area contributed by atoms with Crippen LogP contribution in [0.5, 0.6) is 0 Å². The van der Waals surface area contributed by atoms with E-state index in [4.69, 9.17) is 10.5 Å². The second kappa shape index (κ2) is 6.55. The van der Waals surface area contributed by atoms with E-state index in [1.165, 1.54) is 5.56 Å². The summed E-state index contributed by atoms with van der Waals surface area (Å²) in [6.45, 7) is 4.31. The predicted octanol–water partition coefficient (Wildman–Crippen LogP) is 1.36. The Labute approximate surface area is 103 Å². The number of rotatable bonds is 4. The lowest BCUT2D eigenvalue weighted by atomic mass is 10.2. The van der Waals surface area contributed by atoms with Gasteiger partial charge < -0.3 is 10.5 Å². The number of hydrogen-bond acceptors (Lipinski definition) is 3. The molecule has 1 atom stereocenters. The Morgan fingerprint density at radius 2 is 2.18 bits per heavy atom. The summed E-state index contributed by atoms with van der Waals surface area (Å²) in [5.74, 6) is 0. The van der Waals surface area contributed by atoms with Crippen molar-refractivity contribution >= 4 is 6.08 Å². The first-order chi connectivity index (χ1) is 8.38. The summed E-state index contributed by atoms with van der Waals surface area (Å²) in [4.78, 5) is 2.38. The molecule has 92 valence electrons. The Balaban J connectivity index is 1.80. The minimum atomic E-state index is 0.203. The third-order valence-corrected chi connectivity index (χ3v) is 2.96. The van der Waals surface area contributed by atoms with Crippen LogP contribution < -0.4 is 5.73 Å². The van der Waals surface area contributed by atoms with E-state index in [0.717, 1.165) is 26.2 Å². The lowest BCUT2D eigenvalue weighted by Crippen LogP contribution is -2.45. The van der Waals surface area contributed by atoms with Crippen molar-refractivity contribution in [3.8, 4) is 0 Å². The van der Waals surface area contributed by atoms with Gasteiger partial charge in [-0.2, -0.15) is 0 Å². The first-order valence-electron chi connectivity index (χ1n) is 6.14. The van der Waals surface area contributed by atoms with E-state index in [1.807, 2.05) is 6.07 Å². The summed E-state index contributed by atoms with van der Waals surface area (Å²) in [5.41, 5.74) is 6.86. The van der Waals surface area contributed by atoms with Crippen molar-refractivity contribution in [3.63, 3.8) is 0 Å². The first-order valence-corrected chi connectivity index (χ1v) is 6.14. The normalized spacial score (nSPS) is 22.1. The van der Waals surface area contributed by atoms with E-state index in [-0.39, 0.29) is 6.10 Å². The van der Waals surface area contributed by atoms with Crippen LogP contribution in [0.4, 0.5) is 0 Å². The van der Waals surface area contributed by atoms with Gasteiger partial charge in [-0.25, -0.2) is 0 Å². The van der Waals surface area contributed by atoms with Gasteiger partial charge in [0.2, 0.25) is 0 Å². The van der Waals surface area contributed by atoms with E-state index in [0.29, 0.717) is 6.54 Å². The molecule has 0 radical (unpaired) electrons. The lowest BCUT2D eigenvalue weighted by Gasteiger charge is -2.31. The van der Waals surface area contributed by atoms with Crippen molar-refractivity contribution in [1.82, 2.24) is 4.90 Å². The highest BCUT2D eigenvalue weighted by molar-refractivity contribution is 5.48. The van der Waals surface area contributed by atoms with Gasteiger partial charge in [0.15, 0.2) is 0 Å². The van der Waals surface area contributed by atoms with Gasteiger partial charge in [0.05, 0.1) is 12.7 Å². The first kappa shape index (κ1) is 12.3. The van der Waals surface area contributed by atoms with Crippen LogP contribution in [-0.2, 0) is 4.74 Å². The zero-order valence-electron chi connectivity index (χ0n) is 10.1. The lowest BCUT2D eigenvalue weighted by molar-refractivity contribution is -0.0190. The molecule has 1 saturated heterocycles. The van der Waals surface area contributed by atoms with Gasteiger partial charge in [0, 0.05) is 26.2 Å². The highest BCUT2D eigenvalue weighted by atomic mass is 16.5. The maximum atomic E-state index is 5.62. The average Bonchev–Trinajstić information content (AvgIpc) is 2.40. The molecule has 0 spiro atoms. The van der Waals surface area contributed by atoms with Gasteiger partial charge in [-0.15, -0.1) is 0 Å². The molecule has 1 aliphatic rings. The zero-order valence-corrected chi connectivity index (χ0v) is 10.1. The highest BCUT2D eigenvalue weighted by Crippen LogP contribution is 2.05. The molecule has 0 bridgehead atoms. The quantitative estimate of drug-likeness (QED) is 0.852. The van der Waals surface area contributed by atoms with Crippen molar-refractivity contribution in [3.05, 3.63) is 42.0 Å². The van der Waals surface area contributed by atoms with Gasteiger partial charge in [-0.1, -0.05) is 42.5 Å². The largest absolute Gasteiger partial charge is 0.374 e. The molecule has 1 unspecified atom stereocenters. The Bertz CT molecular complexity index is 350. The van der Waals surface area contributed by atoms with Crippen LogP contribution >= 0.6 is 0 Å². The van der Waals surface area contributed by atoms with Gasteiger partial charge in [0.25, 0.3) is 0 Å². The van der Waals surface area contributed by atoms with Crippen molar-refractivity contribution in [2.75, 3.05) is 32.8 Å². The monoisotopic (exact) mass is 232 g/mol. The van der Waals surface area contributed by atoms with Gasteiger partial charge in [0.1, 0.15) is 0 Å². The molecule has 3 nitrogen and oxygen atoms in total. The zero-order chi connectivity index (χ0) is 11.9. The van der Waals surface area contributed by atoms with E-state index in [1.54, 1.807) is 0 Å². The van der Waals surface area contributed by atoms with E-state index < -0.39 is 0 Å². The summed E-state index contributed by atoms with van der Waals surface area (Å²) in [6.07, 6.45) is 4.56. The van der Waals surface area contributed by atoms with Crippen LogP contribution in [-0.4, -0.2) is 43.8 Å². The SMILES string of the molecule is NCC1CN(C/C=C/c2ccccc2)CCO1. The molecule has 1 heterocycles. The minimum absolute atomic E-state index is 0.203. The van der Waals surface area contributed by atoms with Crippen LogP contribution in [0.3, 0.4) is 0 Å². The summed E-state index contributed by atoms with van der Waals surface area (Å²) >= 11 is 0. The molecule has 1 aromatic rings. The van der Waals surface area contributed by atoms with E-state index in [2.05, 4.69) is 41.3 Å².